The number of ether oxygens (including phenoxy) is 1. The molecule has 32 heavy (non-hydrogen) atoms. The molecule has 9 nitrogen and oxygen atoms in total. The lowest BCUT2D eigenvalue weighted by molar-refractivity contribution is -0.132. The third kappa shape index (κ3) is 5.06. The number of benzene rings is 1. The number of fused-ring (bicyclic) bond motifs is 1. The molecule has 2 heterocycles. The number of piperazine rings is 1. The highest BCUT2D eigenvalue weighted by molar-refractivity contribution is 7.91. The van der Waals surface area contributed by atoms with Crippen molar-refractivity contribution in [3.8, 4) is 0 Å². The quantitative estimate of drug-likeness (QED) is 0.635. The molecule has 1 aromatic rings. The minimum atomic E-state index is -3.64. The summed E-state index contributed by atoms with van der Waals surface area (Å²) in [6, 6.07) is 4.83. The van der Waals surface area contributed by atoms with Crippen LogP contribution in [-0.2, 0) is 30.6 Å². The second kappa shape index (κ2) is 9.89. The molecule has 0 saturated carbocycles. The SMILES string of the molecule is CCOC(=O)N1CCN(C(=O)CCS(=O)(=O)c2ccc3c(c2)C[C@@H](C)N3C(=O)CC)CC1. The molecule has 1 fully saturated rings. The molecule has 1 atom stereocenters. The second-order valence-electron chi connectivity index (χ2n) is 8.10. The first-order valence-electron chi connectivity index (χ1n) is 11.0. The third-order valence-electron chi connectivity index (χ3n) is 5.94. The third-order valence-corrected chi connectivity index (χ3v) is 7.65. The fourth-order valence-corrected chi connectivity index (χ4v) is 5.48. The maximum Gasteiger partial charge on any atom is 0.409 e. The van der Waals surface area contributed by atoms with E-state index in [0.29, 0.717) is 45.6 Å². The van der Waals surface area contributed by atoms with Crippen LogP contribution in [-0.4, -0.2) is 80.7 Å². The highest BCUT2D eigenvalue weighted by atomic mass is 32.2. The number of anilines is 1. The Hall–Kier alpha value is -2.62. The molecule has 0 aliphatic carbocycles. The number of rotatable bonds is 6. The van der Waals surface area contributed by atoms with Gasteiger partial charge in [-0.1, -0.05) is 6.92 Å². The number of nitrogens with zero attached hydrogens (tertiary/aromatic N) is 3. The average Bonchev–Trinajstić information content (AvgIpc) is 3.12. The molecule has 3 rings (SSSR count). The molecular formula is C22H31N3O6S. The normalized spacial score (nSPS) is 18.5. The van der Waals surface area contributed by atoms with Crippen LogP contribution in [0.1, 0.15) is 39.2 Å². The van der Waals surface area contributed by atoms with Crippen molar-refractivity contribution in [2.45, 2.75) is 51.0 Å². The maximum atomic E-state index is 12.9. The summed E-state index contributed by atoms with van der Waals surface area (Å²) in [5.41, 5.74) is 1.60. The van der Waals surface area contributed by atoms with Gasteiger partial charge in [0.05, 0.1) is 17.3 Å². The van der Waals surface area contributed by atoms with Crippen molar-refractivity contribution in [1.29, 1.82) is 0 Å². The molecule has 0 unspecified atom stereocenters. The van der Waals surface area contributed by atoms with Crippen molar-refractivity contribution >= 4 is 33.4 Å². The van der Waals surface area contributed by atoms with Gasteiger partial charge in [-0.05, 0) is 44.0 Å². The molecule has 0 aromatic heterocycles. The summed E-state index contributed by atoms with van der Waals surface area (Å²) in [6.07, 6.45) is 0.483. The molecule has 0 N–H and O–H groups in total. The highest BCUT2D eigenvalue weighted by Gasteiger charge is 2.31. The van der Waals surface area contributed by atoms with Gasteiger partial charge >= 0.3 is 6.09 Å². The molecule has 2 aliphatic rings. The summed E-state index contributed by atoms with van der Waals surface area (Å²) in [5.74, 6) is -0.511. The number of carbonyl (C=O) groups excluding carboxylic acids is 3. The van der Waals surface area contributed by atoms with Crippen molar-refractivity contribution in [2.24, 2.45) is 0 Å². The first-order chi connectivity index (χ1) is 15.2. The van der Waals surface area contributed by atoms with Crippen LogP contribution in [0.5, 0.6) is 0 Å². The van der Waals surface area contributed by atoms with Crippen molar-refractivity contribution in [1.82, 2.24) is 9.80 Å². The van der Waals surface area contributed by atoms with Gasteiger partial charge in [-0.3, -0.25) is 9.59 Å². The Kier molecular flexibility index (Phi) is 7.43. The van der Waals surface area contributed by atoms with E-state index in [0.717, 1.165) is 11.3 Å². The highest BCUT2D eigenvalue weighted by Crippen LogP contribution is 2.34. The van der Waals surface area contributed by atoms with Crippen LogP contribution >= 0.6 is 0 Å². The van der Waals surface area contributed by atoms with E-state index in [4.69, 9.17) is 4.74 Å². The van der Waals surface area contributed by atoms with E-state index in [-0.39, 0.29) is 34.9 Å². The van der Waals surface area contributed by atoms with Crippen molar-refractivity contribution < 1.29 is 27.5 Å². The number of amides is 3. The molecule has 176 valence electrons. The van der Waals surface area contributed by atoms with E-state index in [1.165, 1.54) is 6.07 Å². The van der Waals surface area contributed by atoms with Crippen molar-refractivity contribution in [3.05, 3.63) is 23.8 Å². The Morgan fingerprint density at radius 3 is 2.31 bits per heavy atom. The van der Waals surface area contributed by atoms with Crippen molar-refractivity contribution in [3.63, 3.8) is 0 Å². The summed E-state index contributed by atoms with van der Waals surface area (Å²) < 4.78 is 30.7. The maximum absolute atomic E-state index is 12.9. The van der Waals surface area contributed by atoms with E-state index in [1.807, 2.05) is 6.92 Å². The Labute approximate surface area is 189 Å². The Morgan fingerprint density at radius 2 is 1.69 bits per heavy atom. The topological polar surface area (TPSA) is 104 Å². The van der Waals surface area contributed by atoms with Gasteiger partial charge in [0.25, 0.3) is 0 Å². The number of hydrogen-bond acceptors (Lipinski definition) is 6. The van der Waals surface area contributed by atoms with Gasteiger partial charge in [-0.15, -0.1) is 0 Å². The van der Waals surface area contributed by atoms with E-state index < -0.39 is 15.9 Å². The van der Waals surface area contributed by atoms with E-state index in [2.05, 4.69) is 0 Å². The summed E-state index contributed by atoms with van der Waals surface area (Å²) in [7, 11) is -3.64. The van der Waals surface area contributed by atoms with Gasteiger partial charge in [0.15, 0.2) is 9.84 Å². The lowest BCUT2D eigenvalue weighted by Gasteiger charge is -2.34. The van der Waals surface area contributed by atoms with Crippen LogP contribution in [0, 0.1) is 0 Å². The summed E-state index contributed by atoms with van der Waals surface area (Å²) in [6.45, 7) is 7.23. The number of sulfone groups is 1. The van der Waals surface area contributed by atoms with E-state index >= 15 is 0 Å². The average molecular weight is 466 g/mol. The fourth-order valence-electron chi connectivity index (χ4n) is 4.20. The van der Waals surface area contributed by atoms with Gasteiger partial charge in [-0.2, -0.15) is 0 Å². The first-order valence-corrected chi connectivity index (χ1v) is 12.7. The molecule has 0 spiro atoms. The van der Waals surface area contributed by atoms with Crippen molar-refractivity contribution in [2.75, 3.05) is 43.4 Å². The van der Waals surface area contributed by atoms with Gasteiger partial charge in [-0.25, -0.2) is 13.2 Å². The Bertz CT molecular complexity index is 985. The van der Waals surface area contributed by atoms with Gasteiger partial charge in [0.1, 0.15) is 0 Å². The van der Waals surface area contributed by atoms with Crippen LogP contribution in [0.25, 0.3) is 0 Å². The largest absolute Gasteiger partial charge is 0.450 e. The summed E-state index contributed by atoms with van der Waals surface area (Å²) in [5, 5.41) is 0. The lowest BCUT2D eigenvalue weighted by Crippen LogP contribution is -2.50. The summed E-state index contributed by atoms with van der Waals surface area (Å²) >= 11 is 0. The molecular weight excluding hydrogens is 434 g/mol. The molecule has 0 bridgehead atoms. The van der Waals surface area contributed by atoms with Gasteiger partial charge in [0.2, 0.25) is 11.8 Å². The minimum absolute atomic E-state index is 0.00902. The zero-order valence-corrected chi connectivity index (χ0v) is 19.7. The monoisotopic (exact) mass is 465 g/mol. The molecule has 0 radical (unpaired) electrons. The predicted molar refractivity (Wildman–Crippen MR) is 119 cm³/mol. The second-order valence-corrected chi connectivity index (χ2v) is 10.2. The zero-order chi connectivity index (χ0) is 23.5. The lowest BCUT2D eigenvalue weighted by atomic mass is 10.1. The van der Waals surface area contributed by atoms with Crippen LogP contribution in [0.3, 0.4) is 0 Å². The predicted octanol–water partition coefficient (Wildman–Crippen LogP) is 1.84. The smallest absolute Gasteiger partial charge is 0.409 e. The van der Waals surface area contributed by atoms with Crippen LogP contribution in [0.15, 0.2) is 23.1 Å². The first kappa shape index (κ1) is 24.0. The van der Waals surface area contributed by atoms with Crippen LogP contribution < -0.4 is 4.90 Å². The minimum Gasteiger partial charge on any atom is -0.450 e. The fraction of sp³-hybridized carbons (Fsp3) is 0.591. The van der Waals surface area contributed by atoms with E-state index in [1.54, 1.807) is 40.7 Å². The molecule has 1 aromatic carbocycles. The number of hydrogen-bond donors (Lipinski definition) is 0. The van der Waals surface area contributed by atoms with Gasteiger partial charge in [0, 0.05) is 50.7 Å². The van der Waals surface area contributed by atoms with E-state index in [9.17, 15) is 22.8 Å². The molecule has 2 aliphatic heterocycles. The van der Waals surface area contributed by atoms with Crippen LogP contribution in [0.4, 0.5) is 10.5 Å². The summed E-state index contributed by atoms with van der Waals surface area (Å²) in [4.78, 5) is 41.6. The number of carbonyl (C=O) groups is 3. The molecule has 1 saturated heterocycles. The Balaban J connectivity index is 1.59. The van der Waals surface area contributed by atoms with Crippen LogP contribution in [0.2, 0.25) is 0 Å². The standard InChI is InChI=1S/C22H31N3O6S/c1-4-20(26)25-16(3)14-17-15-18(6-7-19(17)25)32(29,30)13-8-21(27)23-9-11-24(12-10-23)22(28)31-5-2/h6-7,15-16H,4-5,8-14H2,1-3H3/t16-/m1/s1. The Morgan fingerprint density at radius 1 is 1.03 bits per heavy atom. The molecule has 3 amide bonds. The van der Waals surface area contributed by atoms with Gasteiger partial charge < -0.3 is 19.4 Å². The molecule has 10 heteroatoms. The zero-order valence-electron chi connectivity index (χ0n) is 18.9.